The number of halogens is 2. The zero-order chi connectivity index (χ0) is 14.0. The monoisotopic (exact) mass is 342 g/mol. The molecule has 19 heavy (non-hydrogen) atoms. The van der Waals surface area contributed by atoms with Gasteiger partial charge in [-0.3, -0.25) is 4.98 Å². The van der Waals surface area contributed by atoms with Gasteiger partial charge in [0.05, 0.1) is 22.8 Å². The summed E-state index contributed by atoms with van der Waals surface area (Å²) in [7, 11) is 1.74. The van der Waals surface area contributed by atoms with Gasteiger partial charge in [0.25, 0.3) is 0 Å². The smallest absolute Gasteiger partial charge is 0.341 e. The van der Waals surface area contributed by atoms with Gasteiger partial charge < -0.3 is 10.1 Å². The van der Waals surface area contributed by atoms with E-state index in [1.54, 1.807) is 20.0 Å². The van der Waals surface area contributed by atoms with Crippen molar-refractivity contribution in [3.05, 3.63) is 33.4 Å². The Morgan fingerprint density at radius 1 is 1.53 bits per heavy atom. The van der Waals surface area contributed by atoms with Crippen molar-refractivity contribution < 1.29 is 9.53 Å². The molecule has 0 aliphatic carbocycles. The summed E-state index contributed by atoms with van der Waals surface area (Å²) in [5, 5.41) is 4.31. The number of fused-ring (bicyclic) bond motifs is 1. The van der Waals surface area contributed by atoms with Crippen molar-refractivity contribution in [2.75, 3.05) is 19.0 Å². The maximum atomic E-state index is 11.9. The van der Waals surface area contributed by atoms with Gasteiger partial charge in [-0.25, -0.2) is 4.79 Å². The highest BCUT2D eigenvalue weighted by molar-refractivity contribution is 9.10. The number of pyridine rings is 1. The number of carbonyl (C=O) groups excluding carboxylic acids is 1. The Morgan fingerprint density at radius 3 is 2.89 bits per heavy atom. The van der Waals surface area contributed by atoms with E-state index in [4.69, 9.17) is 16.3 Å². The Kier molecular flexibility index (Phi) is 4.27. The van der Waals surface area contributed by atoms with E-state index in [9.17, 15) is 4.79 Å². The molecule has 100 valence electrons. The summed E-state index contributed by atoms with van der Waals surface area (Å²) < 4.78 is 5.84. The molecule has 1 aromatic heterocycles. The minimum absolute atomic E-state index is 0.319. The number of esters is 1. The number of carbonyl (C=O) groups is 1. The molecule has 1 N–H and O–H groups in total. The van der Waals surface area contributed by atoms with Gasteiger partial charge in [-0.05, 0) is 19.1 Å². The minimum atomic E-state index is -0.405. The number of nitrogens with zero attached hydrogens (tertiary/aromatic N) is 1. The molecule has 0 saturated carbocycles. The molecule has 0 bridgehead atoms. The van der Waals surface area contributed by atoms with E-state index in [0.717, 1.165) is 9.86 Å². The molecule has 6 heteroatoms. The predicted molar refractivity (Wildman–Crippen MR) is 80.0 cm³/mol. The summed E-state index contributed by atoms with van der Waals surface area (Å²) in [4.78, 5) is 16.1. The topological polar surface area (TPSA) is 51.2 Å². The summed E-state index contributed by atoms with van der Waals surface area (Å²) in [5.74, 6) is -0.405. The van der Waals surface area contributed by atoms with Crippen molar-refractivity contribution in [1.29, 1.82) is 0 Å². The lowest BCUT2D eigenvalue weighted by Crippen LogP contribution is -2.09. The average molecular weight is 344 g/mol. The Bertz CT molecular complexity index is 646. The Balaban J connectivity index is 2.72. The maximum absolute atomic E-state index is 11.9. The molecule has 1 heterocycles. The van der Waals surface area contributed by atoms with E-state index in [2.05, 4.69) is 26.2 Å². The van der Waals surface area contributed by atoms with Crippen molar-refractivity contribution in [3.8, 4) is 0 Å². The molecular weight excluding hydrogens is 332 g/mol. The van der Waals surface area contributed by atoms with Gasteiger partial charge in [0.1, 0.15) is 5.56 Å². The van der Waals surface area contributed by atoms with Crippen molar-refractivity contribution in [1.82, 2.24) is 4.98 Å². The number of benzene rings is 1. The SMILES string of the molecule is CCOC(=O)c1cnc2c(Cl)cc(Br)cc2c1NC. The van der Waals surface area contributed by atoms with Gasteiger partial charge in [0, 0.05) is 23.1 Å². The van der Waals surface area contributed by atoms with Gasteiger partial charge in [-0.1, -0.05) is 27.5 Å². The van der Waals surface area contributed by atoms with Crippen LogP contribution in [0.5, 0.6) is 0 Å². The number of hydrogen-bond acceptors (Lipinski definition) is 4. The molecule has 0 fully saturated rings. The zero-order valence-electron chi connectivity index (χ0n) is 10.5. The van der Waals surface area contributed by atoms with Crippen LogP contribution in [0.1, 0.15) is 17.3 Å². The number of hydrogen-bond donors (Lipinski definition) is 1. The highest BCUT2D eigenvalue weighted by Gasteiger charge is 2.17. The third-order valence-electron chi connectivity index (χ3n) is 2.63. The second-order valence-electron chi connectivity index (χ2n) is 3.80. The van der Waals surface area contributed by atoms with E-state index in [0.29, 0.717) is 28.4 Å². The van der Waals surface area contributed by atoms with Crippen LogP contribution in [0.25, 0.3) is 10.9 Å². The molecule has 4 nitrogen and oxygen atoms in total. The van der Waals surface area contributed by atoms with E-state index in [1.165, 1.54) is 6.20 Å². The fourth-order valence-electron chi connectivity index (χ4n) is 1.86. The van der Waals surface area contributed by atoms with Crippen molar-refractivity contribution in [2.45, 2.75) is 6.92 Å². The van der Waals surface area contributed by atoms with Crippen LogP contribution in [0.3, 0.4) is 0 Å². The fraction of sp³-hybridized carbons (Fsp3) is 0.231. The lowest BCUT2D eigenvalue weighted by molar-refractivity contribution is 0.0527. The van der Waals surface area contributed by atoms with Crippen LogP contribution in [0.15, 0.2) is 22.8 Å². The molecule has 0 amide bonds. The molecule has 0 aliphatic rings. The third kappa shape index (κ3) is 2.67. The lowest BCUT2D eigenvalue weighted by atomic mass is 10.1. The summed E-state index contributed by atoms with van der Waals surface area (Å²) in [6, 6.07) is 3.63. The van der Waals surface area contributed by atoms with Crippen LogP contribution in [-0.4, -0.2) is 24.6 Å². The van der Waals surface area contributed by atoms with Gasteiger partial charge in [-0.15, -0.1) is 0 Å². The first-order valence-electron chi connectivity index (χ1n) is 5.71. The van der Waals surface area contributed by atoms with Crippen molar-refractivity contribution in [3.63, 3.8) is 0 Å². The number of ether oxygens (including phenoxy) is 1. The van der Waals surface area contributed by atoms with Crippen LogP contribution >= 0.6 is 27.5 Å². The van der Waals surface area contributed by atoms with Crippen molar-refractivity contribution in [2.24, 2.45) is 0 Å². The highest BCUT2D eigenvalue weighted by Crippen LogP contribution is 2.33. The molecule has 1 aromatic carbocycles. The number of nitrogens with one attached hydrogen (secondary N) is 1. The molecule has 2 aromatic rings. The zero-order valence-corrected chi connectivity index (χ0v) is 12.8. The molecular formula is C13H12BrClN2O2. The van der Waals surface area contributed by atoms with Crippen molar-refractivity contribution >= 4 is 50.1 Å². The third-order valence-corrected chi connectivity index (χ3v) is 3.38. The molecule has 0 saturated heterocycles. The number of anilines is 1. The van der Waals surface area contributed by atoms with Crippen LogP contribution in [-0.2, 0) is 4.74 Å². The van der Waals surface area contributed by atoms with Gasteiger partial charge >= 0.3 is 5.97 Å². The quantitative estimate of drug-likeness (QED) is 0.860. The number of aromatic nitrogens is 1. The molecule has 0 atom stereocenters. The first-order chi connectivity index (χ1) is 9.08. The maximum Gasteiger partial charge on any atom is 0.341 e. The largest absolute Gasteiger partial charge is 0.462 e. The molecule has 0 unspecified atom stereocenters. The summed E-state index contributed by atoms with van der Waals surface area (Å²) in [6.45, 7) is 2.08. The Labute approximate surface area is 124 Å². The molecule has 0 spiro atoms. The predicted octanol–water partition coefficient (Wildman–Crippen LogP) is 3.87. The second-order valence-corrected chi connectivity index (χ2v) is 5.12. The van der Waals surface area contributed by atoms with E-state index in [-0.39, 0.29) is 0 Å². The van der Waals surface area contributed by atoms with Crippen LogP contribution < -0.4 is 5.32 Å². The van der Waals surface area contributed by atoms with Crippen LogP contribution in [0, 0.1) is 0 Å². The van der Waals surface area contributed by atoms with Gasteiger partial charge in [0.2, 0.25) is 0 Å². The summed E-state index contributed by atoms with van der Waals surface area (Å²) in [6.07, 6.45) is 1.48. The van der Waals surface area contributed by atoms with E-state index < -0.39 is 5.97 Å². The first-order valence-corrected chi connectivity index (χ1v) is 6.88. The highest BCUT2D eigenvalue weighted by atomic mass is 79.9. The standard InChI is InChI=1S/C13H12BrClN2O2/c1-3-19-13(18)9-6-17-12-8(11(9)16-2)4-7(14)5-10(12)15/h4-6H,3H2,1-2H3,(H,16,17). The molecule has 0 aliphatic heterocycles. The van der Waals surface area contributed by atoms with Crippen LogP contribution in [0.2, 0.25) is 5.02 Å². The Hall–Kier alpha value is -1.33. The van der Waals surface area contributed by atoms with E-state index in [1.807, 2.05) is 6.07 Å². The summed E-state index contributed by atoms with van der Waals surface area (Å²) >= 11 is 9.53. The van der Waals surface area contributed by atoms with Gasteiger partial charge in [0.15, 0.2) is 0 Å². The first kappa shape index (κ1) is 14.1. The summed E-state index contributed by atoms with van der Waals surface area (Å²) in [5.41, 5.74) is 1.69. The Morgan fingerprint density at radius 2 is 2.26 bits per heavy atom. The van der Waals surface area contributed by atoms with Gasteiger partial charge in [-0.2, -0.15) is 0 Å². The van der Waals surface area contributed by atoms with E-state index >= 15 is 0 Å². The lowest BCUT2D eigenvalue weighted by Gasteiger charge is -2.12. The minimum Gasteiger partial charge on any atom is -0.462 e. The second kappa shape index (κ2) is 5.75. The molecule has 2 rings (SSSR count). The fourth-order valence-corrected chi connectivity index (χ4v) is 2.72. The van der Waals surface area contributed by atoms with Crippen LogP contribution in [0.4, 0.5) is 5.69 Å². The normalized spacial score (nSPS) is 10.5. The number of rotatable bonds is 3. The molecule has 0 radical (unpaired) electrons. The average Bonchev–Trinajstić information content (AvgIpc) is 2.37.